The van der Waals surface area contributed by atoms with Crippen molar-refractivity contribution in [1.82, 2.24) is 19.7 Å². The smallest absolute Gasteiger partial charge is 0.321 e. The zero-order chi connectivity index (χ0) is 16.0. The maximum absolute atomic E-state index is 11.8. The molecule has 0 unspecified atom stereocenters. The van der Waals surface area contributed by atoms with E-state index in [2.05, 4.69) is 24.6 Å². The number of rotatable bonds is 8. The summed E-state index contributed by atoms with van der Waals surface area (Å²) in [6.07, 6.45) is 3.68. The largest absolute Gasteiger partial charge is 0.467 e. The van der Waals surface area contributed by atoms with Gasteiger partial charge in [0.25, 0.3) is 0 Å². The van der Waals surface area contributed by atoms with E-state index in [4.69, 9.17) is 4.74 Å². The molecule has 2 rings (SSSR count). The van der Waals surface area contributed by atoms with Crippen LogP contribution in [0.3, 0.4) is 0 Å². The van der Waals surface area contributed by atoms with Crippen molar-refractivity contribution in [3.63, 3.8) is 0 Å². The Morgan fingerprint density at radius 2 is 1.95 bits per heavy atom. The van der Waals surface area contributed by atoms with Crippen LogP contribution < -0.4 is 14.4 Å². The van der Waals surface area contributed by atoms with E-state index in [1.54, 1.807) is 0 Å². The molecule has 8 nitrogen and oxygen atoms in total. The maximum atomic E-state index is 11.8. The van der Waals surface area contributed by atoms with Crippen molar-refractivity contribution in [3.8, 4) is 6.01 Å². The fourth-order valence-electron chi connectivity index (χ4n) is 2.20. The Balaban J connectivity index is 2.08. The van der Waals surface area contributed by atoms with Crippen molar-refractivity contribution < 1.29 is 13.2 Å². The molecule has 0 aliphatic carbocycles. The number of methoxy groups -OCH3 is 1. The molecule has 124 valence electrons. The molecule has 1 fully saturated rings. The summed E-state index contributed by atoms with van der Waals surface area (Å²) in [6.45, 7) is 3.80. The number of nitrogens with one attached hydrogen (secondary N) is 1. The number of nitrogens with zero attached hydrogens (tertiary/aromatic N) is 4. The van der Waals surface area contributed by atoms with E-state index in [9.17, 15) is 8.42 Å². The van der Waals surface area contributed by atoms with E-state index >= 15 is 0 Å². The minimum atomic E-state index is -3.30. The van der Waals surface area contributed by atoms with Crippen molar-refractivity contribution in [2.24, 2.45) is 0 Å². The van der Waals surface area contributed by atoms with Crippen LogP contribution in [0.1, 0.15) is 38.4 Å². The Labute approximate surface area is 131 Å². The normalized spacial score (nSPS) is 15.3. The van der Waals surface area contributed by atoms with Gasteiger partial charge < -0.3 is 9.64 Å². The van der Waals surface area contributed by atoms with Crippen LogP contribution in [0.4, 0.5) is 5.95 Å². The van der Waals surface area contributed by atoms with Gasteiger partial charge in [-0.25, -0.2) is 13.1 Å². The Kier molecular flexibility index (Phi) is 5.90. The Morgan fingerprint density at radius 1 is 1.23 bits per heavy atom. The molecule has 1 aliphatic rings. The first-order valence-corrected chi connectivity index (χ1v) is 9.20. The fourth-order valence-corrected chi connectivity index (χ4v) is 3.36. The third-order valence-electron chi connectivity index (χ3n) is 3.44. The lowest BCUT2D eigenvalue weighted by molar-refractivity contribution is 0.375. The molecule has 1 aliphatic heterocycles. The Morgan fingerprint density at radius 3 is 2.59 bits per heavy atom. The standard InChI is InChI=1S/C13H23N5O3S/c1-3-4-9-22(19,20)14-10-11-15-12(17-13(16-11)21-2)18-7-5-6-8-18/h14H,3-10H2,1-2H3. The van der Waals surface area contributed by atoms with Gasteiger partial charge in [-0.1, -0.05) is 13.3 Å². The number of unbranched alkanes of at least 4 members (excludes halogenated alkanes) is 1. The number of ether oxygens (including phenoxy) is 1. The lowest BCUT2D eigenvalue weighted by Gasteiger charge is -2.16. The fraction of sp³-hybridized carbons (Fsp3) is 0.769. The van der Waals surface area contributed by atoms with Crippen molar-refractivity contribution in [1.29, 1.82) is 0 Å². The molecule has 0 amide bonds. The van der Waals surface area contributed by atoms with Gasteiger partial charge in [-0.3, -0.25) is 0 Å². The first-order valence-electron chi connectivity index (χ1n) is 7.55. The Hall–Kier alpha value is -1.48. The minimum absolute atomic E-state index is 0.0474. The first-order chi connectivity index (χ1) is 10.5. The van der Waals surface area contributed by atoms with Crippen molar-refractivity contribution in [3.05, 3.63) is 5.82 Å². The highest BCUT2D eigenvalue weighted by molar-refractivity contribution is 7.89. The third-order valence-corrected chi connectivity index (χ3v) is 4.85. The quantitative estimate of drug-likeness (QED) is 0.749. The van der Waals surface area contributed by atoms with E-state index < -0.39 is 10.0 Å². The van der Waals surface area contributed by atoms with Crippen molar-refractivity contribution in [2.45, 2.75) is 39.2 Å². The molecule has 0 radical (unpaired) electrons. The van der Waals surface area contributed by atoms with Crippen molar-refractivity contribution in [2.75, 3.05) is 30.9 Å². The van der Waals surface area contributed by atoms with Crippen LogP contribution in [0, 0.1) is 0 Å². The number of aromatic nitrogens is 3. The number of hydrogen-bond donors (Lipinski definition) is 1. The van der Waals surface area contributed by atoms with Gasteiger partial charge in [0.15, 0.2) is 5.82 Å². The lowest BCUT2D eigenvalue weighted by Crippen LogP contribution is -2.28. The molecule has 0 aromatic carbocycles. The summed E-state index contributed by atoms with van der Waals surface area (Å²) in [4.78, 5) is 14.7. The van der Waals surface area contributed by atoms with E-state index in [1.807, 2.05) is 6.92 Å². The summed E-state index contributed by atoms with van der Waals surface area (Å²) in [5, 5.41) is 0. The molecule has 0 spiro atoms. The van der Waals surface area contributed by atoms with Gasteiger partial charge in [-0.2, -0.15) is 15.0 Å². The van der Waals surface area contributed by atoms with Gasteiger partial charge in [0.05, 0.1) is 19.4 Å². The van der Waals surface area contributed by atoms with Crippen LogP contribution >= 0.6 is 0 Å². The lowest BCUT2D eigenvalue weighted by atomic mass is 10.4. The molecule has 1 aromatic rings. The second-order valence-corrected chi connectivity index (χ2v) is 7.15. The monoisotopic (exact) mass is 329 g/mol. The molecule has 22 heavy (non-hydrogen) atoms. The predicted octanol–water partition coefficient (Wildman–Crippen LogP) is 0.700. The first kappa shape index (κ1) is 16.9. The van der Waals surface area contributed by atoms with Gasteiger partial charge in [0.1, 0.15) is 0 Å². The van der Waals surface area contributed by atoms with Gasteiger partial charge in [-0.15, -0.1) is 0 Å². The highest BCUT2D eigenvalue weighted by Gasteiger charge is 2.18. The SMILES string of the molecule is CCCCS(=O)(=O)NCc1nc(OC)nc(N2CCCC2)n1. The molecule has 0 saturated carbocycles. The maximum Gasteiger partial charge on any atom is 0.321 e. The topological polar surface area (TPSA) is 97.3 Å². The molecular formula is C13H23N5O3S. The summed E-state index contributed by atoms with van der Waals surface area (Å²) in [7, 11) is -1.81. The highest BCUT2D eigenvalue weighted by Crippen LogP contribution is 2.17. The van der Waals surface area contributed by atoms with Crippen LogP contribution in [0.15, 0.2) is 0 Å². The molecular weight excluding hydrogens is 306 g/mol. The van der Waals surface area contributed by atoms with Crippen LogP contribution in [0.25, 0.3) is 0 Å². The molecule has 1 saturated heterocycles. The average Bonchev–Trinajstić information content (AvgIpc) is 3.05. The minimum Gasteiger partial charge on any atom is -0.467 e. The van der Waals surface area contributed by atoms with E-state index in [-0.39, 0.29) is 18.3 Å². The second kappa shape index (κ2) is 7.68. The van der Waals surface area contributed by atoms with E-state index in [1.165, 1.54) is 7.11 Å². The molecule has 9 heteroatoms. The third kappa shape index (κ3) is 4.77. The van der Waals surface area contributed by atoms with E-state index in [0.717, 1.165) is 32.4 Å². The van der Waals surface area contributed by atoms with Crippen LogP contribution in [-0.2, 0) is 16.6 Å². The Bertz CT molecular complexity index is 587. The van der Waals surface area contributed by atoms with Crippen LogP contribution in [0.5, 0.6) is 6.01 Å². The van der Waals surface area contributed by atoms with Gasteiger partial charge in [0, 0.05) is 13.1 Å². The number of anilines is 1. The van der Waals surface area contributed by atoms with Crippen LogP contribution in [0.2, 0.25) is 0 Å². The zero-order valence-electron chi connectivity index (χ0n) is 13.1. The predicted molar refractivity (Wildman–Crippen MR) is 83.4 cm³/mol. The van der Waals surface area contributed by atoms with Gasteiger partial charge in [0.2, 0.25) is 16.0 Å². The molecule has 1 aromatic heterocycles. The van der Waals surface area contributed by atoms with E-state index in [0.29, 0.717) is 18.2 Å². The summed E-state index contributed by atoms with van der Waals surface area (Å²) < 4.78 is 31.3. The van der Waals surface area contributed by atoms with Gasteiger partial charge in [-0.05, 0) is 19.3 Å². The zero-order valence-corrected chi connectivity index (χ0v) is 13.9. The van der Waals surface area contributed by atoms with Gasteiger partial charge >= 0.3 is 6.01 Å². The van der Waals surface area contributed by atoms with Crippen LogP contribution in [-0.4, -0.2) is 49.3 Å². The highest BCUT2D eigenvalue weighted by atomic mass is 32.2. The average molecular weight is 329 g/mol. The summed E-state index contributed by atoms with van der Waals surface area (Å²) in [5.74, 6) is 1.03. The molecule has 1 N–H and O–H groups in total. The summed E-state index contributed by atoms with van der Waals surface area (Å²) in [6, 6.07) is 0.208. The van der Waals surface area contributed by atoms with Crippen molar-refractivity contribution >= 4 is 16.0 Å². The summed E-state index contributed by atoms with van der Waals surface area (Å²) >= 11 is 0. The second-order valence-electron chi connectivity index (χ2n) is 5.23. The molecule has 2 heterocycles. The number of hydrogen-bond acceptors (Lipinski definition) is 7. The summed E-state index contributed by atoms with van der Waals surface area (Å²) in [5.41, 5.74) is 0. The molecule has 0 bridgehead atoms. The molecule has 0 atom stereocenters. The number of sulfonamides is 1.